The van der Waals surface area contributed by atoms with Crippen LogP contribution in [0, 0.1) is 0 Å². The Morgan fingerprint density at radius 2 is 1.90 bits per heavy atom. The molecule has 112 valence electrons. The van der Waals surface area contributed by atoms with E-state index < -0.39 is 5.97 Å². The fourth-order valence-electron chi connectivity index (χ4n) is 1.84. The molecule has 0 heterocycles. The summed E-state index contributed by atoms with van der Waals surface area (Å²) < 4.78 is 5.58. The number of carbonyl (C=O) groups is 1. The van der Waals surface area contributed by atoms with Gasteiger partial charge in [-0.1, -0.05) is 13.3 Å². The summed E-state index contributed by atoms with van der Waals surface area (Å²) in [4.78, 5) is 12.9. The monoisotopic (exact) mass is 281 g/mol. The molecule has 1 aromatic carbocycles. The molecule has 0 unspecified atom stereocenters. The number of aromatic carboxylic acids is 1. The zero-order chi connectivity index (χ0) is 14.8. The molecule has 5 heteroatoms. The lowest BCUT2D eigenvalue weighted by atomic mass is 10.2. The van der Waals surface area contributed by atoms with E-state index in [9.17, 15) is 4.79 Å². The Balaban J connectivity index is 2.35. The van der Waals surface area contributed by atoms with Gasteiger partial charge in [0.1, 0.15) is 12.4 Å². The van der Waals surface area contributed by atoms with Crippen molar-refractivity contribution in [3.8, 4) is 5.75 Å². The van der Waals surface area contributed by atoms with E-state index in [0.29, 0.717) is 18.9 Å². The van der Waals surface area contributed by atoms with E-state index in [1.807, 2.05) is 0 Å². The molecule has 0 aliphatic carbocycles. The van der Waals surface area contributed by atoms with Gasteiger partial charge in [-0.2, -0.15) is 0 Å². The van der Waals surface area contributed by atoms with Crippen molar-refractivity contribution in [2.75, 3.05) is 32.8 Å². The van der Waals surface area contributed by atoms with Crippen molar-refractivity contribution < 1.29 is 19.7 Å². The fourth-order valence-corrected chi connectivity index (χ4v) is 1.84. The molecule has 0 atom stereocenters. The van der Waals surface area contributed by atoms with Crippen LogP contribution < -0.4 is 4.74 Å². The van der Waals surface area contributed by atoms with Crippen LogP contribution in [0.15, 0.2) is 24.3 Å². The first kappa shape index (κ1) is 16.5. The minimum absolute atomic E-state index is 0.150. The number of nitrogens with zero attached hydrogens (tertiary/aromatic N) is 1. The Morgan fingerprint density at radius 3 is 2.45 bits per heavy atom. The Hall–Kier alpha value is -1.59. The molecule has 5 nitrogen and oxygen atoms in total. The Kier molecular flexibility index (Phi) is 7.69. The number of rotatable bonds is 10. The summed E-state index contributed by atoms with van der Waals surface area (Å²) >= 11 is 0. The summed E-state index contributed by atoms with van der Waals surface area (Å²) in [6, 6.07) is 6.37. The molecule has 1 rings (SSSR count). The van der Waals surface area contributed by atoms with Crippen LogP contribution in [0.3, 0.4) is 0 Å². The van der Waals surface area contributed by atoms with Crippen molar-refractivity contribution in [2.24, 2.45) is 0 Å². The summed E-state index contributed by atoms with van der Waals surface area (Å²) in [6.07, 6.45) is 2.23. The first-order valence-corrected chi connectivity index (χ1v) is 6.96. The zero-order valence-corrected chi connectivity index (χ0v) is 11.9. The summed E-state index contributed by atoms with van der Waals surface area (Å²) in [5.74, 6) is -0.278. The third kappa shape index (κ3) is 6.04. The fraction of sp³-hybridized carbons (Fsp3) is 0.533. The van der Waals surface area contributed by atoms with Crippen LogP contribution in [-0.2, 0) is 0 Å². The molecule has 1 aromatic rings. The average Bonchev–Trinajstić information content (AvgIpc) is 2.45. The Labute approximate surface area is 119 Å². The number of carboxylic acids is 1. The number of hydrogen-bond acceptors (Lipinski definition) is 4. The third-order valence-electron chi connectivity index (χ3n) is 3.02. The number of aliphatic hydroxyl groups is 1. The second-order valence-corrected chi connectivity index (χ2v) is 4.60. The molecule has 0 aromatic heterocycles. The topological polar surface area (TPSA) is 70.0 Å². The highest BCUT2D eigenvalue weighted by Crippen LogP contribution is 2.12. The molecule has 2 N–H and O–H groups in total. The van der Waals surface area contributed by atoms with Crippen molar-refractivity contribution in [2.45, 2.75) is 19.8 Å². The van der Waals surface area contributed by atoms with Gasteiger partial charge in [-0.25, -0.2) is 4.79 Å². The second-order valence-electron chi connectivity index (χ2n) is 4.60. The van der Waals surface area contributed by atoms with Crippen LogP contribution in [0.2, 0.25) is 0 Å². The van der Waals surface area contributed by atoms with Gasteiger partial charge in [0.25, 0.3) is 0 Å². The van der Waals surface area contributed by atoms with E-state index in [1.165, 1.54) is 12.1 Å². The van der Waals surface area contributed by atoms with Crippen molar-refractivity contribution in [3.63, 3.8) is 0 Å². The van der Waals surface area contributed by atoms with Crippen LogP contribution >= 0.6 is 0 Å². The van der Waals surface area contributed by atoms with E-state index in [0.717, 1.165) is 25.9 Å². The number of hydrogen-bond donors (Lipinski definition) is 2. The summed E-state index contributed by atoms with van der Waals surface area (Å²) in [6.45, 7) is 5.17. The van der Waals surface area contributed by atoms with Crippen LogP contribution in [0.5, 0.6) is 5.75 Å². The quantitative estimate of drug-likeness (QED) is 0.685. The van der Waals surface area contributed by atoms with E-state index in [-0.39, 0.29) is 12.2 Å². The first-order valence-electron chi connectivity index (χ1n) is 6.96. The molecule has 0 aliphatic heterocycles. The van der Waals surface area contributed by atoms with Crippen LogP contribution in [-0.4, -0.2) is 53.9 Å². The predicted octanol–water partition coefficient (Wildman–Crippen LogP) is 1.86. The number of aliphatic hydroxyl groups excluding tert-OH is 1. The van der Waals surface area contributed by atoms with Crippen LogP contribution in [0.1, 0.15) is 30.1 Å². The molecule has 20 heavy (non-hydrogen) atoms. The van der Waals surface area contributed by atoms with E-state index in [2.05, 4.69) is 11.8 Å². The average molecular weight is 281 g/mol. The van der Waals surface area contributed by atoms with Gasteiger partial charge in [-0.15, -0.1) is 0 Å². The molecule has 0 saturated carbocycles. The minimum Gasteiger partial charge on any atom is -0.492 e. The van der Waals surface area contributed by atoms with Crippen molar-refractivity contribution in [1.29, 1.82) is 0 Å². The smallest absolute Gasteiger partial charge is 0.335 e. The van der Waals surface area contributed by atoms with Gasteiger partial charge in [-0.05, 0) is 37.2 Å². The van der Waals surface area contributed by atoms with Gasteiger partial charge in [-0.3, -0.25) is 4.90 Å². The van der Waals surface area contributed by atoms with Gasteiger partial charge in [0.2, 0.25) is 0 Å². The first-order chi connectivity index (χ1) is 9.67. The van der Waals surface area contributed by atoms with Crippen molar-refractivity contribution in [3.05, 3.63) is 29.8 Å². The number of carboxylic acid groups (broad SMARTS) is 1. The summed E-state index contributed by atoms with van der Waals surface area (Å²) in [5.41, 5.74) is 0.252. The summed E-state index contributed by atoms with van der Waals surface area (Å²) in [5, 5.41) is 17.8. The Bertz CT molecular complexity index is 391. The maximum Gasteiger partial charge on any atom is 0.335 e. The molecular weight excluding hydrogens is 258 g/mol. The highest BCUT2D eigenvalue weighted by atomic mass is 16.5. The summed E-state index contributed by atoms with van der Waals surface area (Å²) in [7, 11) is 0. The van der Waals surface area contributed by atoms with Gasteiger partial charge in [0.05, 0.1) is 12.2 Å². The van der Waals surface area contributed by atoms with E-state index >= 15 is 0 Å². The standard InChI is InChI=1S/C15H23NO4/c1-2-3-8-16(9-11-17)10-12-20-14-6-4-13(5-7-14)15(18)19/h4-7,17H,2-3,8-12H2,1H3,(H,18,19). The highest BCUT2D eigenvalue weighted by molar-refractivity contribution is 5.87. The van der Waals surface area contributed by atoms with Crippen molar-refractivity contribution in [1.82, 2.24) is 4.90 Å². The third-order valence-corrected chi connectivity index (χ3v) is 3.02. The van der Waals surface area contributed by atoms with Gasteiger partial charge in [0, 0.05) is 13.1 Å². The molecule has 0 fully saturated rings. The number of unbranched alkanes of at least 4 members (excludes halogenated alkanes) is 1. The highest BCUT2D eigenvalue weighted by Gasteiger charge is 2.05. The number of ether oxygens (including phenoxy) is 1. The van der Waals surface area contributed by atoms with Crippen LogP contribution in [0.25, 0.3) is 0 Å². The molecular formula is C15H23NO4. The van der Waals surface area contributed by atoms with Crippen molar-refractivity contribution >= 4 is 5.97 Å². The lowest BCUT2D eigenvalue weighted by molar-refractivity contribution is 0.0697. The molecule has 0 aliphatic rings. The molecule has 0 radical (unpaired) electrons. The predicted molar refractivity (Wildman–Crippen MR) is 77.3 cm³/mol. The molecule has 0 amide bonds. The lowest BCUT2D eigenvalue weighted by Gasteiger charge is -2.21. The molecule has 0 saturated heterocycles. The Morgan fingerprint density at radius 1 is 1.20 bits per heavy atom. The normalized spacial score (nSPS) is 10.8. The van der Waals surface area contributed by atoms with Gasteiger partial charge in [0.15, 0.2) is 0 Å². The largest absolute Gasteiger partial charge is 0.492 e. The SMILES string of the molecule is CCCCN(CCO)CCOc1ccc(C(=O)O)cc1. The second kappa shape index (κ2) is 9.34. The van der Waals surface area contributed by atoms with E-state index in [4.69, 9.17) is 14.9 Å². The van der Waals surface area contributed by atoms with E-state index in [1.54, 1.807) is 12.1 Å². The van der Waals surface area contributed by atoms with Crippen LogP contribution in [0.4, 0.5) is 0 Å². The minimum atomic E-state index is -0.940. The maximum absolute atomic E-state index is 10.7. The number of benzene rings is 1. The zero-order valence-electron chi connectivity index (χ0n) is 11.9. The van der Waals surface area contributed by atoms with Gasteiger partial charge >= 0.3 is 5.97 Å². The molecule has 0 bridgehead atoms. The maximum atomic E-state index is 10.7. The lowest BCUT2D eigenvalue weighted by Crippen LogP contribution is -2.32. The van der Waals surface area contributed by atoms with Gasteiger partial charge < -0.3 is 14.9 Å². The molecule has 0 spiro atoms.